The molecule has 0 aliphatic carbocycles. The highest BCUT2D eigenvalue weighted by Gasteiger charge is 2.11. The molecule has 150 valence electrons. The molecule has 29 heavy (non-hydrogen) atoms. The number of hydrogen-bond donors (Lipinski definition) is 2. The van der Waals surface area contributed by atoms with Crippen molar-refractivity contribution in [3.05, 3.63) is 72.2 Å². The Bertz CT molecular complexity index is 927. The van der Waals surface area contributed by atoms with Gasteiger partial charge >= 0.3 is 0 Å². The zero-order valence-electron chi connectivity index (χ0n) is 16.8. The van der Waals surface area contributed by atoms with Crippen molar-refractivity contribution < 1.29 is 9.53 Å². The van der Waals surface area contributed by atoms with Crippen LogP contribution in [0.4, 0.5) is 11.5 Å². The van der Waals surface area contributed by atoms with E-state index in [1.165, 1.54) is 0 Å². The summed E-state index contributed by atoms with van der Waals surface area (Å²) in [6.45, 7) is 4.77. The van der Waals surface area contributed by atoms with E-state index in [-0.39, 0.29) is 5.91 Å². The highest BCUT2D eigenvalue weighted by atomic mass is 16.5. The second-order valence-corrected chi connectivity index (χ2v) is 6.71. The van der Waals surface area contributed by atoms with Gasteiger partial charge in [-0.3, -0.25) is 4.79 Å². The van der Waals surface area contributed by atoms with E-state index < -0.39 is 0 Å². The number of aromatic nitrogens is 2. The average molecular weight is 390 g/mol. The van der Waals surface area contributed by atoms with Gasteiger partial charge < -0.3 is 15.4 Å². The van der Waals surface area contributed by atoms with Gasteiger partial charge in [-0.1, -0.05) is 38.0 Å². The zero-order valence-corrected chi connectivity index (χ0v) is 16.8. The Morgan fingerprint density at radius 2 is 1.69 bits per heavy atom. The van der Waals surface area contributed by atoms with Crippen LogP contribution in [0.3, 0.4) is 0 Å². The van der Waals surface area contributed by atoms with Crippen molar-refractivity contribution in [2.45, 2.75) is 33.1 Å². The summed E-state index contributed by atoms with van der Waals surface area (Å²) in [4.78, 5) is 21.2. The lowest BCUT2D eigenvalue weighted by Crippen LogP contribution is -2.16. The molecule has 3 rings (SSSR count). The number of amides is 1. The normalized spacial score (nSPS) is 10.4. The first-order chi connectivity index (χ1) is 14.1. The molecule has 1 heterocycles. The summed E-state index contributed by atoms with van der Waals surface area (Å²) in [5.41, 5.74) is 1.00. The van der Waals surface area contributed by atoms with Gasteiger partial charge in [0.15, 0.2) is 0 Å². The smallest absolute Gasteiger partial charge is 0.274 e. The molecule has 0 saturated carbocycles. The largest absolute Gasteiger partial charge is 0.457 e. The maximum absolute atomic E-state index is 12.6. The predicted octanol–water partition coefficient (Wildman–Crippen LogP) is 5.43. The number of nitrogens with one attached hydrogen (secondary N) is 2. The van der Waals surface area contributed by atoms with Gasteiger partial charge in [-0.2, -0.15) is 0 Å². The molecular formula is C23H26N4O2. The monoisotopic (exact) mass is 390 g/mol. The van der Waals surface area contributed by atoms with Crippen LogP contribution in [0.25, 0.3) is 0 Å². The number of carbonyl (C=O) groups is 1. The number of carbonyl (C=O) groups excluding carboxylic acids is 1. The van der Waals surface area contributed by atoms with E-state index in [9.17, 15) is 4.79 Å². The van der Waals surface area contributed by atoms with Crippen molar-refractivity contribution in [2.24, 2.45) is 0 Å². The molecule has 6 heteroatoms. The number of unbranched alkanes of at least 4 members (excludes halogenated alkanes) is 2. The molecule has 2 N–H and O–H groups in total. The molecular weight excluding hydrogens is 364 g/mol. The Labute approximate surface area is 171 Å². The first-order valence-corrected chi connectivity index (χ1v) is 9.88. The van der Waals surface area contributed by atoms with E-state index in [0.717, 1.165) is 31.6 Å². The van der Waals surface area contributed by atoms with Crippen LogP contribution in [0.1, 0.15) is 42.5 Å². The van der Waals surface area contributed by atoms with Gasteiger partial charge in [0.05, 0.1) is 0 Å². The van der Waals surface area contributed by atoms with Crippen molar-refractivity contribution in [3.8, 4) is 11.5 Å². The van der Waals surface area contributed by atoms with Crippen LogP contribution in [0, 0.1) is 6.92 Å². The third-order valence-corrected chi connectivity index (χ3v) is 4.25. The first-order valence-electron chi connectivity index (χ1n) is 9.88. The van der Waals surface area contributed by atoms with Crippen LogP contribution in [-0.2, 0) is 0 Å². The molecule has 0 fully saturated rings. The molecule has 0 unspecified atom stereocenters. The highest BCUT2D eigenvalue weighted by Crippen LogP contribution is 2.23. The zero-order chi connectivity index (χ0) is 20.5. The fourth-order valence-electron chi connectivity index (χ4n) is 2.79. The Hall–Kier alpha value is -3.41. The molecule has 0 aliphatic rings. The number of hydrogen-bond acceptors (Lipinski definition) is 5. The minimum Gasteiger partial charge on any atom is -0.457 e. The van der Waals surface area contributed by atoms with E-state index >= 15 is 0 Å². The summed E-state index contributed by atoms with van der Waals surface area (Å²) < 4.78 is 5.77. The number of rotatable bonds is 9. The SMILES string of the molecule is CCCCCNc1cc(C(=O)Nc2ccc(Oc3ccccc3)cc2)nc(C)n1. The fourth-order valence-corrected chi connectivity index (χ4v) is 2.79. The quantitative estimate of drug-likeness (QED) is 0.476. The Balaban J connectivity index is 1.61. The van der Waals surface area contributed by atoms with Crippen LogP contribution in [-0.4, -0.2) is 22.4 Å². The topological polar surface area (TPSA) is 76.1 Å². The Morgan fingerprint density at radius 3 is 2.41 bits per heavy atom. The van der Waals surface area contributed by atoms with Crippen LogP contribution in [0.15, 0.2) is 60.7 Å². The van der Waals surface area contributed by atoms with Gasteiger partial charge in [0.2, 0.25) is 0 Å². The Kier molecular flexibility index (Phi) is 7.16. The lowest BCUT2D eigenvalue weighted by atomic mass is 10.2. The molecule has 0 bridgehead atoms. The van der Waals surface area contributed by atoms with Gasteiger partial charge in [-0.25, -0.2) is 9.97 Å². The van der Waals surface area contributed by atoms with Crippen molar-refractivity contribution in [1.82, 2.24) is 9.97 Å². The van der Waals surface area contributed by atoms with Crippen LogP contribution in [0.5, 0.6) is 11.5 Å². The van der Waals surface area contributed by atoms with Gasteiger partial charge in [-0.05, 0) is 49.7 Å². The average Bonchev–Trinajstić information content (AvgIpc) is 2.73. The molecule has 1 aromatic heterocycles. The number of para-hydroxylation sites is 1. The van der Waals surface area contributed by atoms with Crippen molar-refractivity contribution >= 4 is 17.4 Å². The second kappa shape index (κ2) is 10.2. The summed E-state index contributed by atoms with van der Waals surface area (Å²) in [5, 5.41) is 6.13. The van der Waals surface area contributed by atoms with Gasteiger partial charge in [-0.15, -0.1) is 0 Å². The van der Waals surface area contributed by atoms with Crippen LogP contribution in [0.2, 0.25) is 0 Å². The first kappa shape index (κ1) is 20.3. The predicted molar refractivity (Wildman–Crippen MR) is 116 cm³/mol. The number of aryl methyl sites for hydroxylation is 1. The minimum atomic E-state index is -0.274. The van der Waals surface area contributed by atoms with Gasteiger partial charge in [0.25, 0.3) is 5.91 Å². The van der Waals surface area contributed by atoms with Crippen molar-refractivity contribution in [3.63, 3.8) is 0 Å². The lowest BCUT2D eigenvalue weighted by Gasteiger charge is -2.10. The number of benzene rings is 2. The van der Waals surface area contributed by atoms with E-state index in [0.29, 0.717) is 28.8 Å². The molecule has 0 saturated heterocycles. The van der Waals surface area contributed by atoms with E-state index in [1.54, 1.807) is 25.1 Å². The van der Waals surface area contributed by atoms with E-state index in [4.69, 9.17) is 4.74 Å². The molecule has 0 atom stereocenters. The lowest BCUT2D eigenvalue weighted by molar-refractivity contribution is 0.102. The van der Waals surface area contributed by atoms with Gasteiger partial charge in [0.1, 0.15) is 28.8 Å². The maximum Gasteiger partial charge on any atom is 0.274 e. The maximum atomic E-state index is 12.6. The number of nitrogens with zero attached hydrogens (tertiary/aromatic N) is 2. The number of anilines is 2. The fraction of sp³-hybridized carbons (Fsp3) is 0.261. The minimum absolute atomic E-state index is 0.274. The highest BCUT2D eigenvalue weighted by molar-refractivity contribution is 6.03. The molecule has 0 spiro atoms. The standard InChI is InChI=1S/C23H26N4O2/c1-3-4-8-15-24-22-16-21(25-17(2)26-22)23(28)27-18-11-13-20(14-12-18)29-19-9-6-5-7-10-19/h5-7,9-14,16H,3-4,8,15H2,1-2H3,(H,27,28)(H,24,25,26). The van der Waals surface area contributed by atoms with Crippen LogP contribution >= 0.6 is 0 Å². The summed E-state index contributed by atoms with van der Waals surface area (Å²) in [7, 11) is 0. The second-order valence-electron chi connectivity index (χ2n) is 6.71. The van der Waals surface area contributed by atoms with E-state index in [2.05, 4.69) is 27.5 Å². The molecule has 0 aliphatic heterocycles. The molecule has 0 radical (unpaired) electrons. The summed E-state index contributed by atoms with van der Waals surface area (Å²) >= 11 is 0. The van der Waals surface area contributed by atoms with Crippen molar-refractivity contribution in [1.29, 1.82) is 0 Å². The Morgan fingerprint density at radius 1 is 0.966 bits per heavy atom. The van der Waals surface area contributed by atoms with Crippen molar-refractivity contribution in [2.75, 3.05) is 17.2 Å². The molecule has 3 aromatic rings. The summed E-state index contributed by atoms with van der Waals surface area (Å²) in [5.74, 6) is 2.42. The third kappa shape index (κ3) is 6.31. The summed E-state index contributed by atoms with van der Waals surface area (Å²) in [6, 6.07) is 18.5. The molecule has 6 nitrogen and oxygen atoms in total. The molecule has 2 aromatic carbocycles. The third-order valence-electron chi connectivity index (χ3n) is 4.25. The summed E-state index contributed by atoms with van der Waals surface area (Å²) in [6.07, 6.45) is 3.39. The number of ether oxygens (including phenoxy) is 1. The van der Waals surface area contributed by atoms with Crippen LogP contribution < -0.4 is 15.4 Å². The molecule has 1 amide bonds. The van der Waals surface area contributed by atoms with E-state index in [1.807, 2.05) is 42.5 Å². The van der Waals surface area contributed by atoms with Gasteiger partial charge in [0, 0.05) is 18.3 Å².